The molecule has 0 unspecified atom stereocenters. The molecule has 1 saturated heterocycles. The van der Waals surface area contributed by atoms with E-state index in [4.69, 9.17) is 11.6 Å². The minimum atomic E-state index is -4.53. The summed E-state index contributed by atoms with van der Waals surface area (Å²) in [6.07, 6.45) is -2.94. The molecule has 0 spiro atoms. The molecule has 0 aliphatic carbocycles. The van der Waals surface area contributed by atoms with E-state index in [1.54, 1.807) is 17.9 Å². The van der Waals surface area contributed by atoms with E-state index in [0.29, 0.717) is 37.2 Å². The van der Waals surface area contributed by atoms with Gasteiger partial charge in [0.05, 0.1) is 10.6 Å². The molecule has 5 nitrogen and oxygen atoms in total. The quantitative estimate of drug-likeness (QED) is 0.593. The van der Waals surface area contributed by atoms with Crippen LogP contribution in [0.3, 0.4) is 0 Å². The lowest BCUT2D eigenvalue weighted by Gasteiger charge is -2.32. The molecule has 11 heteroatoms. The molecule has 1 amide bonds. The minimum Gasteiger partial charge on any atom is -0.434 e. The third-order valence-electron chi connectivity index (χ3n) is 5.07. The van der Waals surface area contributed by atoms with Crippen LogP contribution in [0.1, 0.15) is 24.0 Å². The number of pyridine rings is 1. The zero-order valence-corrected chi connectivity index (χ0v) is 17.1. The Balaban J connectivity index is 1.62. The molecule has 0 saturated carbocycles. The molecule has 0 radical (unpaired) electrons. The zero-order chi connectivity index (χ0) is 22.8. The summed E-state index contributed by atoms with van der Waals surface area (Å²) in [5, 5.41) is 2.63. The first-order chi connectivity index (χ1) is 14.6. The zero-order valence-electron chi connectivity index (χ0n) is 16.3. The van der Waals surface area contributed by atoms with Crippen LogP contribution < -0.4 is 15.0 Å². The Bertz CT molecular complexity index is 947. The van der Waals surface area contributed by atoms with Gasteiger partial charge in [0.15, 0.2) is 0 Å². The molecule has 3 rings (SSSR count). The topological polar surface area (TPSA) is 54.5 Å². The highest BCUT2D eigenvalue weighted by Gasteiger charge is 2.33. The molecule has 31 heavy (non-hydrogen) atoms. The predicted octanol–water partition coefficient (Wildman–Crippen LogP) is 5.52. The van der Waals surface area contributed by atoms with Crippen molar-refractivity contribution in [3.63, 3.8) is 0 Å². The van der Waals surface area contributed by atoms with Crippen molar-refractivity contribution in [3.8, 4) is 5.75 Å². The number of rotatable bonds is 5. The van der Waals surface area contributed by atoms with E-state index in [2.05, 4.69) is 15.0 Å². The maximum Gasteiger partial charge on any atom is 0.417 e. The highest BCUT2D eigenvalue weighted by molar-refractivity contribution is 6.33. The lowest BCUT2D eigenvalue weighted by Crippen LogP contribution is -2.38. The average molecular weight is 464 g/mol. The van der Waals surface area contributed by atoms with E-state index in [1.807, 2.05) is 0 Å². The van der Waals surface area contributed by atoms with Gasteiger partial charge in [0.1, 0.15) is 11.6 Å². The van der Waals surface area contributed by atoms with E-state index in [9.17, 15) is 26.7 Å². The number of alkyl halides is 5. The molecule has 1 aromatic carbocycles. The molecular formula is C20H19ClF5N3O2. The third-order valence-corrected chi connectivity index (χ3v) is 5.35. The van der Waals surface area contributed by atoms with Gasteiger partial charge in [-0.25, -0.2) is 4.98 Å². The first-order valence-corrected chi connectivity index (χ1v) is 9.77. The number of aromatic nitrogens is 1. The van der Waals surface area contributed by atoms with Crippen LogP contribution in [0.2, 0.25) is 5.02 Å². The van der Waals surface area contributed by atoms with Crippen LogP contribution in [-0.2, 0) is 11.0 Å². The molecule has 2 heterocycles. The summed E-state index contributed by atoms with van der Waals surface area (Å²) in [5.41, 5.74) is -0.170. The van der Waals surface area contributed by atoms with Crippen LogP contribution in [0.15, 0.2) is 30.5 Å². The van der Waals surface area contributed by atoms with Gasteiger partial charge in [0.2, 0.25) is 5.91 Å². The fourth-order valence-corrected chi connectivity index (χ4v) is 3.67. The number of anilines is 2. The minimum absolute atomic E-state index is 0.0226. The van der Waals surface area contributed by atoms with E-state index >= 15 is 0 Å². The number of carbonyl (C=O) groups excluding carboxylic acids is 1. The Morgan fingerprint density at radius 1 is 1.29 bits per heavy atom. The summed E-state index contributed by atoms with van der Waals surface area (Å²) in [7, 11) is 0. The van der Waals surface area contributed by atoms with E-state index in [-0.39, 0.29) is 28.4 Å². The number of amides is 1. The molecule has 1 aliphatic heterocycles. The van der Waals surface area contributed by atoms with E-state index in [0.717, 1.165) is 12.3 Å². The molecule has 0 bridgehead atoms. The molecule has 2 aromatic rings. The van der Waals surface area contributed by atoms with Crippen molar-refractivity contribution >= 4 is 29.0 Å². The van der Waals surface area contributed by atoms with Crippen molar-refractivity contribution in [3.05, 3.63) is 46.6 Å². The number of ether oxygens (including phenoxy) is 1. The van der Waals surface area contributed by atoms with Gasteiger partial charge < -0.3 is 15.0 Å². The van der Waals surface area contributed by atoms with Crippen LogP contribution >= 0.6 is 11.6 Å². The van der Waals surface area contributed by atoms with Crippen LogP contribution in [0.5, 0.6) is 5.75 Å². The fraction of sp³-hybridized carbons (Fsp3) is 0.400. The van der Waals surface area contributed by atoms with E-state index < -0.39 is 18.4 Å². The standard InChI is InChI=1S/C20H19ClF5N3O2/c1-11-15(3-2-4-16(11)31-19(22)23)28-18(30)12-5-7-29(8-6-12)17-14(21)9-13(10-27-17)20(24,25)26/h2-4,9-10,12,19H,5-8H2,1H3,(H,28,30). The Kier molecular flexibility index (Phi) is 6.88. The average Bonchev–Trinajstić information content (AvgIpc) is 2.70. The summed E-state index contributed by atoms with van der Waals surface area (Å²) in [6.45, 7) is -0.652. The van der Waals surface area contributed by atoms with Crippen molar-refractivity contribution in [1.29, 1.82) is 0 Å². The van der Waals surface area contributed by atoms with Gasteiger partial charge >= 0.3 is 12.8 Å². The summed E-state index contributed by atoms with van der Waals surface area (Å²) in [5.74, 6) is -0.418. The van der Waals surface area contributed by atoms with Gasteiger partial charge in [-0.3, -0.25) is 4.79 Å². The van der Waals surface area contributed by atoms with Crippen LogP contribution in [-0.4, -0.2) is 30.6 Å². The number of hydrogen-bond acceptors (Lipinski definition) is 4. The maximum atomic E-state index is 12.8. The Hall–Kier alpha value is -2.62. The molecule has 1 fully saturated rings. The van der Waals surface area contributed by atoms with Crippen molar-refractivity contribution in [2.45, 2.75) is 32.6 Å². The lowest BCUT2D eigenvalue weighted by molar-refractivity contribution is -0.137. The third kappa shape index (κ3) is 5.55. The normalized spacial score (nSPS) is 15.3. The number of nitrogens with zero attached hydrogens (tertiary/aromatic N) is 2. The Labute approximate surface area is 180 Å². The number of piperidine rings is 1. The number of carbonyl (C=O) groups is 1. The molecule has 1 aromatic heterocycles. The first kappa shape index (κ1) is 23.1. The fourth-order valence-electron chi connectivity index (χ4n) is 3.38. The predicted molar refractivity (Wildman–Crippen MR) is 106 cm³/mol. The van der Waals surface area contributed by atoms with Gasteiger partial charge in [0, 0.05) is 36.5 Å². The number of nitrogens with one attached hydrogen (secondary N) is 1. The molecule has 168 valence electrons. The largest absolute Gasteiger partial charge is 0.434 e. The number of benzene rings is 1. The second kappa shape index (κ2) is 9.25. The number of halogens is 6. The summed E-state index contributed by atoms with van der Waals surface area (Å²) < 4.78 is 67.7. The lowest BCUT2D eigenvalue weighted by atomic mass is 9.95. The molecule has 1 N–H and O–H groups in total. The van der Waals surface area contributed by atoms with E-state index in [1.165, 1.54) is 12.1 Å². The van der Waals surface area contributed by atoms with Gasteiger partial charge in [-0.1, -0.05) is 17.7 Å². The Morgan fingerprint density at radius 3 is 2.55 bits per heavy atom. The highest BCUT2D eigenvalue weighted by Crippen LogP contribution is 2.35. The van der Waals surface area contributed by atoms with Crippen LogP contribution in [0.4, 0.5) is 33.5 Å². The van der Waals surface area contributed by atoms with Crippen molar-refractivity contribution in [1.82, 2.24) is 4.98 Å². The molecular weight excluding hydrogens is 445 g/mol. The SMILES string of the molecule is Cc1c(NC(=O)C2CCN(c3ncc(C(F)(F)F)cc3Cl)CC2)cccc1OC(F)F. The highest BCUT2D eigenvalue weighted by atomic mass is 35.5. The smallest absolute Gasteiger partial charge is 0.417 e. The summed E-state index contributed by atoms with van der Waals surface area (Å²) in [4.78, 5) is 18.2. The van der Waals surface area contributed by atoms with Crippen molar-refractivity contribution in [2.24, 2.45) is 5.92 Å². The first-order valence-electron chi connectivity index (χ1n) is 9.39. The van der Waals surface area contributed by atoms with Gasteiger partial charge in [0.25, 0.3) is 0 Å². The summed E-state index contributed by atoms with van der Waals surface area (Å²) >= 11 is 5.99. The maximum absolute atomic E-state index is 12.8. The molecule has 1 aliphatic rings. The second-order valence-corrected chi connectivity index (χ2v) is 7.49. The van der Waals surface area contributed by atoms with Gasteiger partial charge in [-0.05, 0) is 38.0 Å². The second-order valence-electron chi connectivity index (χ2n) is 7.08. The van der Waals surface area contributed by atoms with Crippen molar-refractivity contribution in [2.75, 3.05) is 23.3 Å². The number of hydrogen-bond donors (Lipinski definition) is 1. The Morgan fingerprint density at radius 2 is 1.97 bits per heavy atom. The van der Waals surface area contributed by atoms with Crippen molar-refractivity contribution < 1.29 is 31.5 Å². The monoisotopic (exact) mass is 463 g/mol. The molecule has 0 atom stereocenters. The summed E-state index contributed by atoms with van der Waals surface area (Å²) in [6, 6.07) is 5.31. The van der Waals surface area contributed by atoms with Gasteiger partial charge in [-0.15, -0.1) is 0 Å². The van der Waals surface area contributed by atoms with Gasteiger partial charge in [-0.2, -0.15) is 22.0 Å². The van der Waals surface area contributed by atoms with Crippen LogP contribution in [0, 0.1) is 12.8 Å². The van der Waals surface area contributed by atoms with Crippen LogP contribution in [0.25, 0.3) is 0 Å².